The van der Waals surface area contributed by atoms with Crippen LogP contribution in [0.25, 0.3) is 0 Å². The smallest absolute Gasteiger partial charge is 0.407 e. The SMILES string of the molecule is CC/C=C\C/C=C\C/C=C\C/C=C\C/C=C\C/C=C\CCC(=O)NCCSSC(C)(C)[C@@H](COC(=O)NC(CO)CO)NC(=O)c1cccnc1. The standard InChI is InChI=1S/C39H58N4O6S2/c1-4-5-6-7-8-9-10-11-12-13-14-15-16-17-18-19-20-21-22-25-36(46)41-27-28-50-51-39(2,3)35(32-49-38(48)42-34(30-44)31-45)43-37(47)33-24-23-26-40-29-33/h5-6,8-9,11-12,14-15,17-18,20-21,23-24,26,29,34-35,44-45H,4,7,10,13,16,19,22,25,27-28,30-32H2,1-3H3,(H,41,46)(H,42,48)(H,43,47)/b6-5-,9-8-,12-11-,15-14-,18-17-,21-20-/t35-/m1/s1. The van der Waals surface area contributed by atoms with Gasteiger partial charge in [-0.15, -0.1) is 0 Å². The van der Waals surface area contributed by atoms with Gasteiger partial charge < -0.3 is 30.9 Å². The molecule has 0 saturated carbocycles. The van der Waals surface area contributed by atoms with Crippen LogP contribution >= 0.6 is 21.6 Å². The van der Waals surface area contributed by atoms with Crippen LogP contribution in [0.3, 0.4) is 0 Å². The average Bonchev–Trinajstić information content (AvgIpc) is 3.13. The Labute approximate surface area is 312 Å². The lowest BCUT2D eigenvalue weighted by molar-refractivity contribution is -0.120. The lowest BCUT2D eigenvalue weighted by Crippen LogP contribution is -2.51. The number of amides is 3. The molecule has 1 aromatic rings. The minimum atomic E-state index is -0.847. The summed E-state index contributed by atoms with van der Waals surface area (Å²) in [6.45, 7) is 5.46. The number of rotatable bonds is 27. The first kappa shape index (κ1) is 45.4. The highest BCUT2D eigenvalue weighted by Gasteiger charge is 2.33. The molecular formula is C39H58N4O6S2. The minimum Gasteiger partial charge on any atom is -0.447 e. The summed E-state index contributed by atoms with van der Waals surface area (Å²) in [5.74, 6) is 0.266. The van der Waals surface area contributed by atoms with Crippen molar-refractivity contribution in [1.82, 2.24) is 20.9 Å². The van der Waals surface area contributed by atoms with Gasteiger partial charge in [0.15, 0.2) is 0 Å². The fourth-order valence-electron chi connectivity index (χ4n) is 4.10. The zero-order chi connectivity index (χ0) is 37.4. The van der Waals surface area contributed by atoms with Crippen LogP contribution in [0.2, 0.25) is 0 Å². The Morgan fingerprint density at radius 3 is 1.96 bits per heavy atom. The molecule has 1 aromatic heterocycles. The van der Waals surface area contributed by atoms with E-state index in [-0.39, 0.29) is 18.4 Å². The molecule has 1 rings (SSSR count). The number of nitrogens with zero attached hydrogens (tertiary/aromatic N) is 1. The van der Waals surface area contributed by atoms with Gasteiger partial charge in [0.1, 0.15) is 6.61 Å². The van der Waals surface area contributed by atoms with Crippen molar-refractivity contribution in [3.05, 3.63) is 103 Å². The third-order valence-electron chi connectivity index (χ3n) is 7.13. The Bertz CT molecular complexity index is 1280. The molecule has 0 spiro atoms. The van der Waals surface area contributed by atoms with Crippen molar-refractivity contribution < 1.29 is 29.3 Å². The van der Waals surface area contributed by atoms with Crippen LogP contribution in [-0.2, 0) is 9.53 Å². The number of nitrogens with one attached hydrogen (secondary N) is 3. The van der Waals surface area contributed by atoms with Gasteiger partial charge >= 0.3 is 6.09 Å². The van der Waals surface area contributed by atoms with Crippen LogP contribution < -0.4 is 16.0 Å². The van der Waals surface area contributed by atoms with Crippen molar-refractivity contribution >= 4 is 39.5 Å². The second-order valence-corrected chi connectivity index (χ2v) is 15.0. The highest BCUT2D eigenvalue weighted by atomic mass is 33.1. The molecule has 3 amide bonds. The van der Waals surface area contributed by atoms with Gasteiger partial charge in [-0.3, -0.25) is 14.6 Å². The molecule has 0 fully saturated rings. The van der Waals surface area contributed by atoms with Crippen LogP contribution in [0.5, 0.6) is 0 Å². The molecule has 0 radical (unpaired) electrons. The number of aliphatic hydroxyl groups excluding tert-OH is 2. The number of carbonyl (C=O) groups is 3. The highest BCUT2D eigenvalue weighted by molar-refractivity contribution is 8.77. The van der Waals surface area contributed by atoms with Gasteiger partial charge in [0, 0.05) is 35.9 Å². The molecule has 282 valence electrons. The number of pyridine rings is 1. The predicted octanol–water partition coefficient (Wildman–Crippen LogP) is 7.01. The van der Waals surface area contributed by atoms with E-state index in [0.717, 1.165) is 38.5 Å². The van der Waals surface area contributed by atoms with Crippen molar-refractivity contribution in [3.8, 4) is 0 Å². The van der Waals surface area contributed by atoms with E-state index in [0.29, 0.717) is 30.7 Å². The first-order valence-electron chi connectivity index (χ1n) is 17.6. The topological polar surface area (TPSA) is 150 Å². The van der Waals surface area contributed by atoms with Crippen molar-refractivity contribution in [3.63, 3.8) is 0 Å². The molecule has 0 aliphatic heterocycles. The van der Waals surface area contributed by atoms with E-state index in [4.69, 9.17) is 4.74 Å². The Balaban J connectivity index is 2.32. The summed E-state index contributed by atoms with van der Waals surface area (Å²) < 4.78 is 4.75. The molecule has 1 atom stereocenters. The van der Waals surface area contributed by atoms with E-state index in [2.05, 4.69) is 94.7 Å². The summed E-state index contributed by atoms with van der Waals surface area (Å²) in [6, 6.07) is 1.86. The molecule has 10 nitrogen and oxygen atoms in total. The molecule has 0 aliphatic rings. The van der Waals surface area contributed by atoms with Crippen molar-refractivity contribution in [2.24, 2.45) is 0 Å². The van der Waals surface area contributed by atoms with Crippen molar-refractivity contribution in [2.45, 2.75) is 89.0 Å². The number of hydrogen-bond donors (Lipinski definition) is 5. The fourth-order valence-corrected chi connectivity index (χ4v) is 6.67. The fraction of sp³-hybridized carbons (Fsp3) is 0.487. The largest absolute Gasteiger partial charge is 0.447 e. The Kier molecular flexibility index (Phi) is 26.8. The van der Waals surface area contributed by atoms with Crippen LogP contribution in [-0.4, -0.2) is 82.1 Å². The zero-order valence-electron chi connectivity index (χ0n) is 30.4. The number of aliphatic hydroxyl groups is 2. The third-order valence-corrected chi connectivity index (χ3v) is 10.5. The average molecular weight is 743 g/mol. The van der Waals surface area contributed by atoms with Crippen molar-refractivity contribution in [2.75, 3.05) is 32.1 Å². The zero-order valence-corrected chi connectivity index (χ0v) is 32.0. The van der Waals surface area contributed by atoms with Gasteiger partial charge in [-0.05, 0) is 70.9 Å². The van der Waals surface area contributed by atoms with Crippen LogP contribution in [0.4, 0.5) is 4.79 Å². The highest BCUT2D eigenvalue weighted by Crippen LogP contribution is 2.38. The summed E-state index contributed by atoms with van der Waals surface area (Å²) in [6.07, 6.45) is 34.9. The molecule has 12 heteroatoms. The number of ether oxygens (including phenoxy) is 1. The molecule has 0 unspecified atom stereocenters. The molecular weight excluding hydrogens is 685 g/mol. The van der Waals surface area contributed by atoms with E-state index < -0.39 is 36.1 Å². The predicted molar refractivity (Wildman–Crippen MR) is 213 cm³/mol. The first-order valence-corrected chi connectivity index (χ1v) is 19.9. The molecule has 1 heterocycles. The summed E-state index contributed by atoms with van der Waals surface area (Å²) in [4.78, 5) is 41.4. The maximum atomic E-state index is 12.9. The summed E-state index contributed by atoms with van der Waals surface area (Å²) in [5, 5.41) is 26.7. The third kappa shape index (κ3) is 24.3. The van der Waals surface area contributed by atoms with Crippen molar-refractivity contribution in [1.29, 1.82) is 0 Å². The molecule has 0 aliphatic carbocycles. The van der Waals surface area contributed by atoms with E-state index >= 15 is 0 Å². The lowest BCUT2D eigenvalue weighted by Gasteiger charge is -2.33. The Hall–Kier alpha value is -3.58. The minimum absolute atomic E-state index is 0.00975. The van der Waals surface area contributed by atoms with E-state index in [1.165, 1.54) is 27.8 Å². The number of hydrogen-bond acceptors (Lipinski definition) is 9. The normalized spacial score (nSPS) is 13.1. The summed E-state index contributed by atoms with van der Waals surface area (Å²) in [5.41, 5.74) is 0.368. The second kappa shape index (κ2) is 30.1. The Morgan fingerprint density at radius 2 is 1.43 bits per heavy atom. The number of alkyl carbamates (subject to hydrolysis) is 1. The number of allylic oxidation sites excluding steroid dienone is 12. The summed E-state index contributed by atoms with van der Waals surface area (Å²) >= 11 is 0. The molecule has 0 saturated heterocycles. The summed E-state index contributed by atoms with van der Waals surface area (Å²) in [7, 11) is 3.05. The molecule has 0 bridgehead atoms. The lowest BCUT2D eigenvalue weighted by atomic mass is 10.0. The van der Waals surface area contributed by atoms with Crippen LogP contribution in [0, 0.1) is 0 Å². The van der Waals surface area contributed by atoms with Gasteiger partial charge in [-0.1, -0.05) is 101 Å². The second-order valence-electron chi connectivity index (χ2n) is 11.9. The van der Waals surface area contributed by atoms with Gasteiger partial charge in [-0.25, -0.2) is 4.79 Å². The van der Waals surface area contributed by atoms with Gasteiger partial charge in [0.25, 0.3) is 5.91 Å². The Morgan fingerprint density at radius 1 is 0.863 bits per heavy atom. The monoisotopic (exact) mass is 742 g/mol. The number of aromatic nitrogens is 1. The maximum Gasteiger partial charge on any atom is 0.407 e. The van der Waals surface area contributed by atoms with Crippen LogP contribution in [0.1, 0.15) is 82.5 Å². The van der Waals surface area contributed by atoms with Crippen LogP contribution in [0.15, 0.2) is 97.4 Å². The number of carbonyl (C=O) groups excluding carboxylic acids is 3. The molecule has 0 aromatic carbocycles. The van der Waals surface area contributed by atoms with Gasteiger partial charge in [-0.2, -0.15) is 0 Å². The van der Waals surface area contributed by atoms with Gasteiger partial charge in [0.05, 0.1) is 30.9 Å². The quantitative estimate of drug-likeness (QED) is 0.0365. The van der Waals surface area contributed by atoms with Gasteiger partial charge in [0.2, 0.25) is 5.91 Å². The molecule has 51 heavy (non-hydrogen) atoms. The van der Waals surface area contributed by atoms with E-state index in [1.807, 2.05) is 19.9 Å². The van der Waals surface area contributed by atoms with E-state index in [1.54, 1.807) is 18.3 Å². The maximum absolute atomic E-state index is 12.9. The first-order chi connectivity index (χ1) is 24.7. The molecule has 5 N–H and O–H groups in total. The van der Waals surface area contributed by atoms with E-state index in [9.17, 15) is 24.6 Å².